The van der Waals surface area contributed by atoms with Crippen LogP contribution in [0.15, 0.2) is 30.9 Å². The molecule has 0 radical (unpaired) electrons. The molecule has 1 saturated heterocycles. The van der Waals surface area contributed by atoms with Gasteiger partial charge in [0.2, 0.25) is 17.7 Å². The predicted molar refractivity (Wildman–Crippen MR) is 220 cm³/mol. The van der Waals surface area contributed by atoms with Gasteiger partial charge in [0.05, 0.1) is 142 Å². The highest BCUT2D eigenvalue weighted by Gasteiger charge is 2.45. The summed E-state index contributed by atoms with van der Waals surface area (Å²) >= 11 is 0. The monoisotopic (exact) mass is 881 g/mol. The molecule has 2 aliphatic rings. The number of unbranched alkanes of at least 4 members (excludes halogenated alkanes) is 2. The lowest BCUT2D eigenvalue weighted by atomic mass is 10.0. The first-order chi connectivity index (χ1) is 30.3. The van der Waals surface area contributed by atoms with Crippen molar-refractivity contribution in [1.82, 2.24) is 10.2 Å². The minimum Gasteiger partial charge on any atom is -0.460 e. The Kier molecular flexibility index (Phi) is 28.0. The van der Waals surface area contributed by atoms with Crippen molar-refractivity contribution in [1.29, 1.82) is 0 Å². The number of nitrogens with zero attached hydrogens (tertiary/aromatic N) is 1. The second-order valence-corrected chi connectivity index (χ2v) is 13.5. The molecule has 2 heterocycles. The predicted octanol–water partition coefficient (Wildman–Crippen LogP) is 1.48. The standard InChI is InChI=1S/C42H63N3O17/c1-2-38(48)62-32-31-61-30-29-60-28-27-59-26-25-58-24-23-57-22-21-56-20-19-55-18-17-54-16-15-53-14-13-52-12-5-3-4-9-36(46)43-34-8-6-7-33-39(34)42(51)45(41(33)50)35-10-11-37(47)44-40(35)49/h2,6-8,35H,1,3-5,9-32H2,(H,43,46)(H,44,47,49). The number of piperidine rings is 1. The largest absolute Gasteiger partial charge is 0.460 e. The molecule has 0 spiro atoms. The highest BCUT2D eigenvalue weighted by atomic mass is 16.6. The number of nitrogens with one attached hydrogen (secondary N) is 2. The van der Waals surface area contributed by atoms with Gasteiger partial charge in [0.15, 0.2) is 0 Å². The maximum atomic E-state index is 13.2. The van der Waals surface area contributed by atoms with Gasteiger partial charge in [-0.05, 0) is 31.4 Å². The Morgan fingerprint density at radius 1 is 0.613 bits per heavy atom. The van der Waals surface area contributed by atoms with Gasteiger partial charge in [0, 0.05) is 25.5 Å². The Morgan fingerprint density at radius 3 is 1.52 bits per heavy atom. The van der Waals surface area contributed by atoms with Crippen LogP contribution in [-0.2, 0) is 71.3 Å². The Hall–Kier alpha value is -4.22. The SMILES string of the molecule is C=CC(=O)OCCOCCOCCOCCOCCOCCOCCOCCOCCOCCOCCCCCC(=O)Nc1cccc2c1C(=O)N(C1CCC(=O)NC1=O)C2=O. The molecule has 62 heavy (non-hydrogen) atoms. The van der Waals surface area contributed by atoms with Crippen molar-refractivity contribution in [3.05, 3.63) is 42.0 Å². The first-order valence-corrected chi connectivity index (χ1v) is 21.0. The molecule has 3 rings (SSSR count). The summed E-state index contributed by atoms with van der Waals surface area (Å²) < 4.78 is 59.4. The van der Waals surface area contributed by atoms with Gasteiger partial charge in [-0.2, -0.15) is 0 Å². The molecular weight excluding hydrogens is 818 g/mol. The summed E-state index contributed by atoms with van der Waals surface area (Å²) in [4.78, 5) is 74.4. The first kappa shape index (κ1) is 52.1. The Balaban J connectivity index is 0.992. The average molecular weight is 882 g/mol. The lowest BCUT2D eigenvalue weighted by Crippen LogP contribution is -2.54. The normalized spacial score (nSPS) is 14.9. The van der Waals surface area contributed by atoms with Gasteiger partial charge in [0.1, 0.15) is 12.6 Å². The van der Waals surface area contributed by atoms with Crippen LogP contribution in [0.1, 0.15) is 59.2 Å². The molecule has 0 saturated carbocycles. The zero-order valence-electron chi connectivity index (χ0n) is 35.6. The van der Waals surface area contributed by atoms with E-state index in [0.29, 0.717) is 139 Å². The number of carbonyl (C=O) groups excluding carboxylic acids is 6. The summed E-state index contributed by atoms with van der Waals surface area (Å²) in [6.45, 7) is 12.4. The number of benzene rings is 1. The fraction of sp³-hybridized carbons (Fsp3) is 0.667. The van der Waals surface area contributed by atoms with E-state index < -0.39 is 35.6 Å². The summed E-state index contributed by atoms with van der Waals surface area (Å²) in [5, 5.41) is 4.90. The number of esters is 1. The van der Waals surface area contributed by atoms with Crippen LogP contribution < -0.4 is 10.6 Å². The number of imide groups is 2. The second kappa shape index (κ2) is 33.4. The van der Waals surface area contributed by atoms with Crippen molar-refractivity contribution in [2.75, 3.05) is 144 Å². The van der Waals surface area contributed by atoms with Gasteiger partial charge in [-0.25, -0.2) is 4.79 Å². The van der Waals surface area contributed by atoms with Crippen molar-refractivity contribution in [3.63, 3.8) is 0 Å². The molecule has 1 aromatic rings. The molecule has 0 bridgehead atoms. The van der Waals surface area contributed by atoms with Crippen molar-refractivity contribution in [2.24, 2.45) is 0 Å². The molecule has 20 heteroatoms. The van der Waals surface area contributed by atoms with E-state index >= 15 is 0 Å². The molecule has 1 aromatic carbocycles. The summed E-state index contributed by atoms with van der Waals surface area (Å²) in [7, 11) is 0. The fourth-order valence-corrected chi connectivity index (χ4v) is 5.84. The van der Waals surface area contributed by atoms with Crippen LogP contribution in [0.2, 0.25) is 0 Å². The van der Waals surface area contributed by atoms with Gasteiger partial charge in [-0.3, -0.25) is 34.2 Å². The van der Waals surface area contributed by atoms with Crippen molar-refractivity contribution in [2.45, 2.75) is 44.6 Å². The zero-order valence-corrected chi connectivity index (χ0v) is 35.6. The van der Waals surface area contributed by atoms with E-state index in [9.17, 15) is 28.8 Å². The number of hydrogen-bond donors (Lipinski definition) is 2. The van der Waals surface area contributed by atoms with Gasteiger partial charge in [0.25, 0.3) is 11.8 Å². The number of ether oxygens (including phenoxy) is 11. The lowest BCUT2D eigenvalue weighted by molar-refractivity contribution is -0.139. The van der Waals surface area contributed by atoms with E-state index in [-0.39, 0.29) is 48.6 Å². The minimum absolute atomic E-state index is 0.0246. The number of anilines is 1. The van der Waals surface area contributed by atoms with Gasteiger partial charge < -0.3 is 57.4 Å². The fourth-order valence-electron chi connectivity index (χ4n) is 5.84. The van der Waals surface area contributed by atoms with Crippen LogP contribution in [-0.4, -0.2) is 185 Å². The molecule has 1 fully saturated rings. The van der Waals surface area contributed by atoms with Crippen LogP contribution >= 0.6 is 0 Å². The van der Waals surface area contributed by atoms with E-state index in [0.717, 1.165) is 23.8 Å². The van der Waals surface area contributed by atoms with E-state index in [4.69, 9.17) is 52.1 Å². The minimum atomic E-state index is -1.08. The highest BCUT2D eigenvalue weighted by molar-refractivity contribution is 6.26. The molecule has 2 aliphatic heterocycles. The summed E-state index contributed by atoms with van der Waals surface area (Å²) in [5.74, 6) is -3.21. The van der Waals surface area contributed by atoms with E-state index in [1.165, 1.54) is 6.07 Å². The Morgan fingerprint density at radius 2 is 1.06 bits per heavy atom. The third kappa shape index (κ3) is 21.7. The van der Waals surface area contributed by atoms with Gasteiger partial charge in [-0.1, -0.05) is 19.1 Å². The van der Waals surface area contributed by atoms with Crippen LogP contribution in [0.5, 0.6) is 0 Å². The lowest BCUT2D eigenvalue weighted by Gasteiger charge is -2.27. The van der Waals surface area contributed by atoms with Crippen molar-refractivity contribution >= 4 is 41.2 Å². The molecule has 348 valence electrons. The van der Waals surface area contributed by atoms with E-state index in [1.807, 2.05) is 0 Å². The smallest absolute Gasteiger partial charge is 0.330 e. The van der Waals surface area contributed by atoms with Crippen LogP contribution in [0, 0.1) is 0 Å². The van der Waals surface area contributed by atoms with Crippen LogP contribution in [0.4, 0.5) is 5.69 Å². The van der Waals surface area contributed by atoms with Crippen molar-refractivity contribution in [3.8, 4) is 0 Å². The molecule has 0 aromatic heterocycles. The topological polar surface area (TPSA) is 231 Å². The summed E-state index contributed by atoms with van der Waals surface area (Å²) in [5.41, 5.74) is 0.370. The first-order valence-electron chi connectivity index (χ1n) is 21.0. The maximum absolute atomic E-state index is 13.2. The van der Waals surface area contributed by atoms with E-state index in [1.54, 1.807) is 12.1 Å². The number of fused-ring (bicyclic) bond motifs is 1. The Labute approximate surface area is 362 Å². The third-order valence-electron chi connectivity index (χ3n) is 8.92. The zero-order chi connectivity index (χ0) is 44.5. The molecule has 5 amide bonds. The molecule has 2 N–H and O–H groups in total. The molecular formula is C42H63N3O17. The van der Waals surface area contributed by atoms with Crippen molar-refractivity contribution < 1.29 is 80.9 Å². The maximum Gasteiger partial charge on any atom is 0.330 e. The summed E-state index contributed by atoms with van der Waals surface area (Å²) in [6.07, 6.45) is 3.52. The Bertz CT molecular complexity index is 1510. The second-order valence-electron chi connectivity index (χ2n) is 13.5. The number of carbonyl (C=O) groups is 6. The third-order valence-corrected chi connectivity index (χ3v) is 8.92. The van der Waals surface area contributed by atoms with Crippen LogP contribution in [0.25, 0.3) is 0 Å². The average Bonchev–Trinajstić information content (AvgIpc) is 3.52. The van der Waals surface area contributed by atoms with Crippen LogP contribution in [0.3, 0.4) is 0 Å². The number of amides is 5. The molecule has 0 aliphatic carbocycles. The molecule has 1 unspecified atom stereocenters. The van der Waals surface area contributed by atoms with E-state index in [2.05, 4.69) is 17.2 Å². The molecule has 20 nitrogen and oxygen atoms in total. The number of hydrogen-bond acceptors (Lipinski definition) is 17. The van der Waals surface area contributed by atoms with Gasteiger partial charge >= 0.3 is 5.97 Å². The number of rotatable bonds is 39. The summed E-state index contributed by atoms with van der Waals surface area (Å²) in [6, 6.07) is 3.52. The highest BCUT2D eigenvalue weighted by Crippen LogP contribution is 2.32. The quantitative estimate of drug-likeness (QED) is 0.0413. The van der Waals surface area contributed by atoms with Gasteiger partial charge in [-0.15, -0.1) is 0 Å². The molecule has 1 atom stereocenters.